The van der Waals surface area contributed by atoms with E-state index in [1.165, 1.54) is 29.7 Å². The van der Waals surface area contributed by atoms with E-state index < -0.39 is 17.7 Å². The van der Waals surface area contributed by atoms with Gasteiger partial charge in [-0.2, -0.15) is 13.2 Å². The second kappa shape index (κ2) is 7.13. The van der Waals surface area contributed by atoms with Crippen LogP contribution in [0.15, 0.2) is 47.8 Å². The summed E-state index contributed by atoms with van der Waals surface area (Å²) in [5, 5.41) is 0.674. The lowest BCUT2D eigenvalue weighted by Gasteiger charge is -2.10. The number of benzene rings is 1. The highest BCUT2D eigenvalue weighted by Crippen LogP contribution is 2.37. The number of pyridine rings is 1. The van der Waals surface area contributed by atoms with E-state index in [2.05, 4.69) is 9.97 Å². The van der Waals surface area contributed by atoms with Gasteiger partial charge in [0.2, 0.25) is 0 Å². The van der Waals surface area contributed by atoms with Crippen LogP contribution in [-0.4, -0.2) is 21.9 Å². The zero-order valence-electron chi connectivity index (χ0n) is 13.0. The van der Waals surface area contributed by atoms with Gasteiger partial charge in [0.25, 0.3) is 0 Å². The topological polar surface area (TPSA) is 25.8 Å². The van der Waals surface area contributed by atoms with Crippen molar-refractivity contribution < 1.29 is 17.6 Å². The number of thiazole rings is 1. The van der Waals surface area contributed by atoms with E-state index in [0.717, 1.165) is 5.56 Å². The fourth-order valence-corrected chi connectivity index (χ4v) is 3.91. The Morgan fingerprint density at radius 2 is 2.00 bits per heavy atom. The third-order valence-corrected chi connectivity index (χ3v) is 5.64. The molecule has 3 aromatic rings. The normalized spacial score (nSPS) is 11.7. The minimum absolute atomic E-state index is 0.253. The Labute approximate surface area is 150 Å². The second-order valence-corrected chi connectivity index (χ2v) is 7.32. The number of hydrogen-bond acceptors (Lipinski definition) is 4. The molecular formula is C17H12F4N2S2. The van der Waals surface area contributed by atoms with Gasteiger partial charge in [-0.15, -0.1) is 23.1 Å². The maximum absolute atomic E-state index is 14.3. The molecule has 0 saturated heterocycles. The molecule has 2 nitrogen and oxygen atoms in total. The number of aryl methyl sites for hydroxylation is 1. The minimum Gasteiger partial charge on any atom is -0.264 e. The molecule has 0 N–H and O–H groups in total. The van der Waals surface area contributed by atoms with Crippen molar-refractivity contribution in [2.75, 3.05) is 5.75 Å². The van der Waals surface area contributed by atoms with E-state index >= 15 is 0 Å². The largest absolute Gasteiger partial charge is 0.398 e. The SMILES string of the molecule is Cc1cc(F)c(-c2cnc(-c3cccnc3)s2)cc1SCC(F)(F)F. The Balaban J connectivity index is 1.93. The first-order valence-corrected chi connectivity index (χ1v) is 9.00. The molecule has 0 fully saturated rings. The molecule has 130 valence electrons. The standard InChI is InChI=1S/C17H12F4N2S2/c1-10-5-13(18)12(6-14(10)24-9-17(19,20)21)15-8-23-16(25-15)11-3-2-4-22-7-11/h2-8H,9H2,1H3. The van der Waals surface area contributed by atoms with Gasteiger partial charge >= 0.3 is 6.18 Å². The summed E-state index contributed by atoms with van der Waals surface area (Å²) in [6.07, 6.45) is 0.545. The number of alkyl halides is 3. The monoisotopic (exact) mass is 384 g/mol. The molecule has 25 heavy (non-hydrogen) atoms. The van der Waals surface area contributed by atoms with Crippen LogP contribution in [0.4, 0.5) is 17.6 Å². The van der Waals surface area contributed by atoms with Crippen LogP contribution in [-0.2, 0) is 0 Å². The summed E-state index contributed by atoms with van der Waals surface area (Å²) in [5.41, 5.74) is 1.54. The summed E-state index contributed by atoms with van der Waals surface area (Å²) in [6, 6.07) is 6.33. The Morgan fingerprint density at radius 1 is 1.20 bits per heavy atom. The third-order valence-electron chi connectivity index (χ3n) is 3.34. The lowest BCUT2D eigenvalue weighted by atomic mass is 10.1. The van der Waals surface area contributed by atoms with Crippen molar-refractivity contribution in [2.24, 2.45) is 0 Å². The molecule has 8 heteroatoms. The van der Waals surface area contributed by atoms with Crippen molar-refractivity contribution in [3.05, 3.63) is 54.2 Å². The van der Waals surface area contributed by atoms with E-state index in [1.54, 1.807) is 25.4 Å². The Hall–Kier alpha value is -1.93. The molecule has 0 amide bonds. The van der Waals surface area contributed by atoms with Crippen molar-refractivity contribution in [3.8, 4) is 21.0 Å². The molecule has 0 saturated carbocycles. The molecule has 0 aliphatic heterocycles. The number of nitrogens with zero attached hydrogens (tertiary/aromatic N) is 2. The Bertz CT molecular complexity index is 876. The first kappa shape index (κ1) is 17.9. The molecule has 0 bridgehead atoms. The molecule has 0 aliphatic rings. The predicted molar refractivity (Wildman–Crippen MR) is 92.3 cm³/mol. The molecular weight excluding hydrogens is 372 g/mol. The minimum atomic E-state index is -4.27. The van der Waals surface area contributed by atoms with Gasteiger partial charge in [-0.25, -0.2) is 9.37 Å². The average Bonchev–Trinajstić information content (AvgIpc) is 3.04. The molecule has 2 heterocycles. The highest BCUT2D eigenvalue weighted by Gasteiger charge is 2.28. The van der Waals surface area contributed by atoms with Crippen LogP contribution >= 0.6 is 23.1 Å². The number of halogens is 4. The molecule has 0 atom stereocenters. The lowest BCUT2D eigenvalue weighted by molar-refractivity contribution is -0.105. The molecule has 1 aromatic carbocycles. The summed E-state index contributed by atoms with van der Waals surface area (Å²) < 4.78 is 51.7. The van der Waals surface area contributed by atoms with E-state index in [4.69, 9.17) is 0 Å². The van der Waals surface area contributed by atoms with Crippen molar-refractivity contribution in [1.29, 1.82) is 0 Å². The van der Waals surface area contributed by atoms with Gasteiger partial charge in [0.1, 0.15) is 10.8 Å². The molecule has 0 spiro atoms. The van der Waals surface area contributed by atoms with Crippen LogP contribution in [0, 0.1) is 12.7 Å². The summed E-state index contributed by atoms with van der Waals surface area (Å²) >= 11 is 1.93. The van der Waals surface area contributed by atoms with E-state index in [1.807, 2.05) is 6.07 Å². The zero-order valence-corrected chi connectivity index (χ0v) is 14.6. The van der Waals surface area contributed by atoms with Gasteiger partial charge in [0.05, 0.1) is 10.6 Å². The predicted octanol–water partition coefficient (Wildman–Crippen LogP) is 5.97. The molecule has 0 radical (unpaired) electrons. The van der Waals surface area contributed by atoms with Crippen LogP contribution in [0.1, 0.15) is 5.56 Å². The first-order valence-electron chi connectivity index (χ1n) is 7.20. The van der Waals surface area contributed by atoms with Gasteiger partial charge in [-0.1, -0.05) is 0 Å². The summed E-state index contributed by atoms with van der Waals surface area (Å²) in [4.78, 5) is 9.25. The Kier molecular flexibility index (Phi) is 5.10. The summed E-state index contributed by atoms with van der Waals surface area (Å²) in [6.45, 7) is 1.60. The van der Waals surface area contributed by atoms with Crippen LogP contribution in [0.3, 0.4) is 0 Å². The average molecular weight is 384 g/mol. The van der Waals surface area contributed by atoms with Crippen molar-refractivity contribution >= 4 is 23.1 Å². The summed E-state index contributed by atoms with van der Waals surface area (Å²) in [5.74, 6) is -1.49. The first-order chi connectivity index (χ1) is 11.8. The van der Waals surface area contributed by atoms with Crippen molar-refractivity contribution in [3.63, 3.8) is 0 Å². The number of hydrogen-bond donors (Lipinski definition) is 0. The second-order valence-electron chi connectivity index (χ2n) is 5.27. The third kappa shape index (κ3) is 4.38. The van der Waals surface area contributed by atoms with E-state index in [-0.39, 0.29) is 5.56 Å². The highest BCUT2D eigenvalue weighted by atomic mass is 32.2. The smallest absolute Gasteiger partial charge is 0.264 e. The maximum atomic E-state index is 14.3. The van der Waals surface area contributed by atoms with E-state index in [0.29, 0.717) is 32.1 Å². The summed E-state index contributed by atoms with van der Waals surface area (Å²) in [7, 11) is 0. The molecule has 0 aliphatic carbocycles. The van der Waals surface area contributed by atoms with Crippen molar-refractivity contribution in [1.82, 2.24) is 9.97 Å². The van der Waals surface area contributed by atoms with Gasteiger partial charge in [0, 0.05) is 34.6 Å². The van der Waals surface area contributed by atoms with E-state index in [9.17, 15) is 17.6 Å². The maximum Gasteiger partial charge on any atom is 0.398 e. The van der Waals surface area contributed by atoms with Gasteiger partial charge in [-0.05, 0) is 36.8 Å². The van der Waals surface area contributed by atoms with Crippen LogP contribution in [0.2, 0.25) is 0 Å². The van der Waals surface area contributed by atoms with Gasteiger partial charge in [0.15, 0.2) is 0 Å². The molecule has 3 rings (SSSR count). The number of aromatic nitrogens is 2. The zero-order chi connectivity index (χ0) is 18.0. The number of rotatable bonds is 4. The lowest BCUT2D eigenvalue weighted by Crippen LogP contribution is -2.10. The molecule has 2 aromatic heterocycles. The fraction of sp³-hybridized carbons (Fsp3) is 0.176. The number of thioether (sulfide) groups is 1. The van der Waals surface area contributed by atoms with Gasteiger partial charge < -0.3 is 0 Å². The van der Waals surface area contributed by atoms with Crippen LogP contribution in [0.25, 0.3) is 21.0 Å². The van der Waals surface area contributed by atoms with Crippen molar-refractivity contribution in [2.45, 2.75) is 18.0 Å². The highest BCUT2D eigenvalue weighted by molar-refractivity contribution is 7.99. The van der Waals surface area contributed by atoms with Crippen LogP contribution in [0.5, 0.6) is 0 Å². The van der Waals surface area contributed by atoms with Crippen LogP contribution < -0.4 is 0 Å². The quantitative estimate of drug-likeness (QED) is 0.409. The Morgan fingerprint density at radius 3 is 2.68 bits per heavy atom. The van der Waals surface area contributed by atoms with Gasteiger partial charge in [-0.3, -0.25) is 4.98 Å². The molecule has 0 unspecified atom stereocenters. The fourth-order valence-electron chi connectivity index (χ4n) is 2.18.